The van der Waals surface area contributed by atoms with Crippen LogP contribution in [0.15, 0.2) is 16.7 Å². The Morgan fingerprint density at radius 1 is 1.35 bits per heavy atom. The van der Waals surface area contributed by atoms with Crippen LogP contribution in [-0.2, 0) is 22.6 Å². The van der Waals surface area contributed by atoms with Gasteiger partial charge in [0, 0.05) is 32.5 Å². The average Bonchev–Trinajstić information content (AvgIpc) is 3.42. The zero-order valence-corrected chi connectivity index (χ0v) is 17.5. The summed E-state index contributed by atoms with van der Waals surface area (Å²) in [4.78, 5) is 36.4. The SMILES string of the molecule is CCc1cnc(-c2cc(C#N)c(N3CCC(C(=O)O)CC3)nc2CN2CCCC2=O)o1. The number of aromatic nitrogens is 2. The van der Waals surface area contributed by atoms with E-state index in [2.05, 4.69) is 11.1 Å². The van der Waals surface area contributed by atoms with E-state index in [-0.39, 0.29) is 11.8 Å². The number of nitriles is 1. The summed E-state index contributed by atoms with van der Waals surface area (Å²) in [5, 5.41) is 19.1. The smallest absolute Gasteiger partial charge is 0.306 e. The fourth-order valence-corrected chi connectivity index (χ4v) is 4.16. The Kier molecular flexibility index (Phi) is 5.89. The van der Waals surface area contributed by atoms with E-state index in [9.17, 15) is 20.0 Å². The molecule has 2 saturated heterocycles. The van der Waals surface area contributed by atoms with Crippen molar-refractivity contribution < 1.29 is 19.1 Å². The second-order valence-electron chi connectivity index (χ2n) is 7.97. The lowest BCUT2D eigenvalue weighted by Gasteiger charge is -2.32. The van der Waals surface area contributed by atoms with Crippen molar-refractivity contribution in [2.24, 2.45) is 5.92 Å². The highest BCUT2D eigenvalue weighted by Gasteiger charge is 2.29. The number of carbonyl (C=O) groups excluding carboxylic acids is 1. The fourth-order valence-electron chi connectivity index (χ4n) is 4.16. The van der Waals surface area contributed by atoms with Gasteiger partial charge in [0.25, 0.3) is 0 Å². The first-order valence-electron chi connectivity index (χ1n) is 10.6. The molecular weight excluding hydrogens is 398 g/mol. The normalized spacial score (nSPS) is 17.2. The maximum atomic E-state index is 12.2. The summed E-state index contributed by atoms with van der Waals surface area (Å²) < 4.78 is 5.83. The molecule has 0 radical (unpaired) electrons. The van der Waals surface area contributed by atoms with E-state index in [0.717, 1.165) is 12.2 Å². The molecule has 0 atom stereocenters. The zero-order valence-electron chi connectivity index (χ0n) is 17.5. The highest BCUT2D eigenvalue weighted by molar-refractivity contribution is 5.78. The van der Waals surface area contributed by atoms with Crippen LogP contribution < -0.4 is 4.90 Å². The molecule has 1 N–H and O–H groups in total. The molecule has 1 amide bonds. The monoisotopic (exact) mass is 423 g/mol. The summed E-state index contributed by atoms with van der Waals surface area (Å²) in [6, 6.07) is 3.95. The number of hydrogen-bond acceptors (Lipinski definition) is 7. The topological polar surface area (TPSA) is 124 Å². The lowest BCUT2D eigenvalue weighted by molar-refractivity contribution is -0.142. The first-order valence-corrected chi connectivity index (χ1v) is 10.6. The van der Waals surface area contributed by atoms with E-state index < -0.39 is 5.97 Å². The minimum atomic E-state index is -0.785. The second kappa shape index (κ2) is 8.76. The molecule has 2 aliphatic heterocycles. The quantitative estimate of drug-likeness (QED) is 0.752. The molecule has 0 aliphatic carbocycles. The fraction of sp³-hybridized carbons (Fsp3) is 0.500. The number of aliphatic carboxylic acids is 1. The second-order valence-corrected chi connectivity index (χ2v) is 7.97. The average molecular weight is 423 g/mol. The number of anilines is 1. The van der Waals surface area contributed by atoms with Gasteiger partial charge in [-0.25, -0.2) is 9.97 Å². The van der Waals surface area contributed by atoms with Gasteiger partial charge in [-0.1, -0.05) is 6.92 Å². The minimum absolute atomic E-state index is 0.0857. The molecule has 2 aliphatic rings. The van der Waals surface area contributed by atoms with Crippen LogP contribution in [0.4, 0.5) is 5.82 Å². The number of carboxylic acids is 1. The van der Waals surface area contributed by atoms with Crippen molar-refractivity contribution in [2.45, 2.75) is 45.6 Å². The first kappa shape index (κ1) is 20.8. The van der Waals surface area contributed by atoms with Crippen LogP contribution in [0.3, 0.4) is 0 Å². The summed E-state index contributed by atoms with van der Waals surface area (Å²) in [6.07, 6.45) is 4.71. The third-order valence-electron chi connectivity index (χ3n) is 5.99. The summed E-state index contributed by atoms with van der Waals surface area (Å²) >= 11 is 0. The molecule has 2 aromatic rings. The molecule has 31 heavy (non-hydrogen) atoms. The summed E-state index contributed by atoms with van der Waals surface area (Å²) in [7, 11) is 0. The van der Waals surface area contributed by atoms with E-state index in [1.165, 1.54) is 0 Å². The highest BCUT2D eigenvalue weighted by atomic mass is 16.4. The number of carbonyl (C=O) groups is 2. The summed E-state index contributed by atoms with van der Waals surface area (Å²) in [5.74, 6) is 0.576. The molecule has 4 heterocycles. The van der Waals surface area contributed by atoms with Gasteiger partial charge in [-0.3, -0.25) is 9.59 Å². The van der Waals surface area contributed by atoms with Crippen molar-refractivity contribution >= 4 is 17.7 Å². The summed E-state index contributed by atoms with van der Waals surface area (Å²) in [6.45, 7) is 3.99. The third-order valence-corrected chi connectivity index (χ3v) is 5.99. The molecule has 0 spiro atoms. The van der Waals surface area contributed by atoms with Gasteiger partial charge in [0.05, 0.1) is 35.5 Å². The van der Waals surface area contributed by atoms with Gasteiger partial charge in [-0.05, 0) is 25.3 Å². The Balaban J connectivity index is 1.72. The highest BCUT2D eigenvalue weighted by Crippen LogP contribution is 2.32. The van der Waals surface area contributed by atoms with Crippen molar-refractivity contribution in [1.82, 2.24) is 14.9 Å². The number of likely N-dealkylation sites (tertiary alicyclic amines) is 1. The Bertz CT molecular complexity index is 1030. The third kappa shape index (κ3) is 4.24. The molecule has 0 bridgehead atoms. The molecule has 0 saturated carbocycles. The van der Waals surface area contributed by atoms with Gasteiger partial charge in [-0.15, -0.1) is 0 Å². The van der Waals surface area contributed by atoms with E-state index in [0.29, 0.717) is 80.4 Å². The van der Waals surface area contributed by atoms with Crippen molar-refractivity contribution in [2.75, 3.05) is 24.5 Å². The van der Waals surface area contributed by atoms with Crippen molar-refractivity contribution in [3.63, 3.8) is 0 Å². The first-order chi connectivity index (χ1) is 15.0. The molecule has 9 heteroatoms. The van der Waals surface area contributed by atoms with Crippen LogP contribution in [0.2, 0.25) is 0 Å². The minimum Gasteiger partial charge on any atom is -0.481 e. The lowest BCUT2D eigenvalue weighted by atomic mass is 9.96. The van der Waals surface area contributed by atoms with E-state index >= 15 is 0 Å². The maximum absolute atomic E-state index is 12.2. The number of nitrogens with zero attached hydrogens (tertiary/aromatic N) is 5. The van der Waals surface area contributed by atoms with Crippen LogP contribution >= 0.6 is 0 Å². The van der Waals surface area contributed by atoms with Gasteiger partial charge < -0.3 is 19.3 Å². The van der Waals surface area contributed by atoms with Crippen LogP contribution in [-0.4, -0.2) is 51.5 Å². The number of amides is 1. The predicted molar refractivity (Wildman–Crippen MR) is 111 cm³/mol. The Labute approximate surface area is 180 Å². The number of pyridine rings is 1. The van der Waals surface area contributed by atoms with Gasteiger partial charge in [0.15, 0.2) is 0 Å². The Morgan fingerprint density at radius 3 is 2.71 bits per heavy atom. The van der Waals surface area contributed by atoms with E-state index in [1.807, 2.05) is 11.8 Å². The molecule has 2 fully saturated rings. The van der Waals surface area contributed by atoms with Crippen molar-refractivity contribution in [1.29, 1.82) is 5.26 Å². The van der Waals surface area contributed by atoms with E-state index in [4.69, 9.17) is 9.40 Å². The Morgan fingerprint density at radius 2 is 2.13 bits per heavy atom. The number of piperidine rings is 1. The number of oxazole rings is 1. The predicted octanol–water partition coefficient (Wildman–Crippen LogP) is 2.59. The van der Waals surface area contributed by atoms with Crippen molar-refractivity contribution in [3.8, 4) is 17.5 Å². The standard InChI is InChI=1S/C22H25N5O4/c1-2-16-12-24-21(31-16)17-10-15(11-23)20(26-8-5-14(6-9-26)22(29)30)25-18(17)13-27-7-3-4-19(27)28/h10,12,14H,2-9,13H2,1H3,(H,29,30). The van der Waals surface area contributed by atoms with E-state index in [1.54, 1.807) is 17.2 Å². The molecule has 0 unspecified atom stereocenters. The maximum Gasteiger partial charge on any atom is 0.306 e. The lowest BCUT2D eigenvalue weighted by Crippen LogP contribution is -2.37. The number of carboxylic acid groups (broad SMARTS) is 1. The number of rotatable bonds is 6. The Hall–Kier alpha value is -3.41. The van der Waals surface area contributed by atoms with Crippen molar-refractivity contribution in [3.05, 3.63) is 29.3 Å². The largest absolute Gasteiger partial charge is 0.481 e. The van der Waals surface area contributed by atoms with Gasteiger partial charge in [-0.2, -0.15) is 5.26 Å². The number of aryl methyl sites for hydroxylation is 1. The van der Waals surface area contributed by atoms with Gasteiger partial charge in [0.1, 0.15) is 17.6 Å². The van der Waals surface area contributed by atoms with Crippen LogP contribution in [0.5, 0.6) is 0 Å². The summed E-state index contributed by atoms with van der Waals surface area (Å²) in [5.41, 5.74) is 1.63. The number of hydrogen-bond donors (Lipinski definition) is 1. The van der Waals surface area contributed by atoms with Crippen LogP contribution in [0.1, 0.15) is 49.6 Å². The van der Waals surface area contributed by atoms with Crippen LogP contribution in [0, 0.1) is 17.2 Å². The molecule has 0 aromatic carbocycles. The molecular formula is C22H25N5O4. The molecule has 2 aromatic heterocycles. The van der Waals surface area contributed by atoms with Gasteiger partial charge >= 0.3 is 5.97 Å². The zero-order chi connectivity index (χ0) is 22.0. The van der Waals surface area contributed by atoms with Gasteiger partial charge in [0.2, 0.25) is 11.8 Å². The molecule has 4 rings (SSSR count). The molecule has 9 nitrogen and oxygen atoms in total. The van der Waals surface area contributed by atoms with Crippen LogP contribution in [0.25, 0.3) is 11.5 Å². The molecule has 162 valence electrons.